The van der Waals surface area contributed by atoms with Crippen LogP contribution in [0.4, 0.5) is 4.79 Å². The minimum Gasteiger partial charge on any atom is -0.490 e. The van der Waals surface area contributed by atoms with Crippen LogP contribution in [0.5, 0.6) is 0 Å². The predicted octanol–water partition coefficient (Wildman–Crippen LogP) is 3.84. The molecule has 2 atom stereocenters. The molecule has 148 valence electrons. The number of ether oxygens (including phenoxy) is 1. The Morgan fingerprint density at radius 2 is 2.26 bits per heavy atom. The lowest BCUT2D eigenvalue weighted by atomic mass is 9.92. The summed E-state index contributed by atoms with van der Waals surface area (Å²) >= 11 is 0. The molecule has 6 nitrogen and oxygen atoms in total. The fourth-order valence-electron chi connectivity index (χ4n) is 3.21. The van der Waals surface area contributed by atoms with Crippen molar-refractivity contribution < 1.29 is 9.53 Å². The van der Waals surface area contributed by atoms with Crippen molar-refractivity contribution in [3.63, 3.8) is 0 Å². The first-order chi connectivity index (χ1) is 13.2. The lowest BCUT2D eigenvalue weighted by Crippen LogP contribution is -2.40. The minimum absolute atomic E-state index is 0.123. The Kier molecular flexibility index (Phi) is 8.68. The van der Waals surface area contributed by atoms with Crippen LogP contribution in [0, 0.1) is 5.92 Å². The largest absolute Gasteiger partial charge is 0.490 e. The molecule has 2 amide bonds. The van der Waals surface area contributed by atoms with Gasteiger partial charge in [0, 0.05) is 31.6 Å². The van der Waals surface area contributed by atoms with Crippen molar-refractivity contribution in [1.29, 1.82) is 0 Å². The smallest absolute Gasteiger partial charge is 0.322 e. The SMILES string of the molecule is CCCN(CC)C(=O)NC1=CC(O/C(=C/C=C/N)C2CC=CCC2)CC=N1. The first-order valence-corrected chi connectivity index (χ1v) is 9.88. The average Bonchev–Trinajstić information content (AvgIpc) is 2.70. The average molecular weight is 373 g/mol. The van der Waals surface area contributed by atoms with Crippen LogP contribution in [0.25, 0.3) is 0 Å². The highest BCUT2D eigenvalue weighted by atomic mass is 16.5. The first kappa shape index (κ1) is 20.8. The Hall–Kier alpha value is -2.50. The number of nitrogens with two attached hydrogens (primary N) is 1. The summed E-state index contributed by atoms with van der Waals surface area (Å²) in [5.74, 6) is 1.84. The third kappa shape index (κ3) is 6.62. The highest BCUT2D eigenvalue weighted by molar-refractivity contribution is 5.77. The summed E-state index contributed by atoms with van der Waals surface area (Å²) < 4.78 is 6.27. The highest BCUT2D eigenvalue weighted by Crippen LogP contribution is 2.28. The number of carbonyl (C=O) groups is 1. The maximum atomic E-state index is 12.4. The molecule has 3 N–H and O–H groups in total. The molecular weight excluding hydrogens is 340 g/mol. The van der Waals surface area contributed by atoms with Gasteiger partial charge in [0.1, 0.15) is 17.7 Å². The van der Waals surface area contributed by atoms with Crippen molar-refractivity contribution in [1.82, 2.24) is 10.2 Å². The van der Waals surface area contributed by atoms with Crippen LogP contribution >= 0.6 is 0 Å². The van der Waals surface area contributed by atoms with E-state index in [2.05, 4.69) is 29.4 Å². The van der Waals surface area contributed by atoms with E-state index >= 15 is 0 Å². The van der Waals surface area contributed by atoms with Crippen molar-refractivity contribution >= 4 is 12.2 Å². The summed E-state index contributed by atoms with van der Waals surface area (Å²) in [7, 11) is 0. The molecule has 0 spiro atoms. The lowest BCUT2D eigenvalue weighted by Gasteiger charge is -2.27. The zero-order valence-electron chi connectivity index (χ0n) is 16.4. The molecule has 27 heavy (non-hydrogen) atoms. The molecule has 0 aromatic rings. The number of hydrogen-bond donors (Lipinski definition) is 2. The Morgan fingerprint density at radius 3 is 2.93 bits per heavy atom. The Balaban J connectivity index is 2.03. The molecule has 6 heteroatoms. The number of rotatable bonds is 8. The highest BCUT2D eigenvalue weighted by Gasteiger charge is 2.21. The summed E-state index contributed by atoms with van der Waals surface area (Å²) in [5.41, 5.74) is 5.50. The molecular formula is C21H32N4O2. The van der Waals surface area contributed by atoms with Gasteiger partial charge in [0.25, 0.3) is 0 Å². The van der Waals surface area contributed by atoms with Crippen molar-refractivity contribution in [3.05, 3.63) is 48.2 Å². The van der Waals surface area contributed by atoms with E-state index in [1.807, 2.05) is 19.1 Å². The molecule has 2 rings (SSSR count). The van der Waals surface area contributed by atoms with Gasteiger partial charge in [-0.15, -0.1) is 0 Å². The summed E-state index contributed by atoms with van der Waals surface area (Å²) in [4.78, 5) is 18.4. The fraction of sp³-hybridized carbons (Fsp3) is 0.524. The van der Waals surface area contributed by atoms with Crippen molar-refractivity contribution in [2.24, 2.45) is 16.6 Å². The summed E-state index contributed by atoms with van der Waals surface area (Å²) in [6.45, 7) is 5.43. The van der Waals surface area contributed by atoms with Crippen molar-refractivity contribution in [2.75, 3.05) is 13.1 Å². The van der Waals surface area contributed by atoms with Gasteiger partial charge in [-0.25, -0.2) is 9.79 Å². The normalized spacial score (nSPS) is 22.6. The quantitative estimate of drug-likeness (QED) is 0.386. The maximum Gasteiger partial charge on any atom is 0.322 e. The molecule has 1 aliphatic heterocycles. The monoisotopic (exact) mass is 372 g/mol. The summed E-state index contributed by atoms with van der Waals surface area (Å²) in [6.07, 6.45) is 17.9. The standard InChI is InChI=1S/C21H32N4O2/c1-3-15-25(4-2)21(26)24-20-16-18(12-14-23-20)27-19(11-8-13-22)17-9-6-5-7-10-17/h5-6,8,11,13-14,16-18H,3-4,7,9-10,12,15,22H2,1-2H3,(H,24,26)/b13-8+,19-11+. The number of hydrogen-bond acceptors (Lipinski definition) is 4. The van der Waals surface area contributed by atoms with Crippen LogP contribution in [0.1, 0.15) is 46.0 Å². The molecule has 0 radical (unpaired) electrons. The van der Waals surface area contributed by atoms with Gasteiger partial charge in [-0.2, -0.15) is 0 Å². The van der Waals surface area contributed by atoms with E-state index in [0.29, 0.717) is 24.7 Å². The molecule has 2 unspecified atom stereocenters. The Bertz CT molecular complexity index is 634. The van der Waals surface area contributed by atoms with Crippen LogP contribution in [0.15, 0.2) is 53.2 Å². The van der Waals surface area contributed by atoms with E-state index in [1.165, 1.54) is 6.20 Å². The first-order valence-electron chi connectivity index (χ1n) is 9.88. The summed E-state index contributed by atoms with van der Waals surface area (Å²) in [6, 6.07) is -0.123. The van der Waals surface area contributed by atoms with E-state index in [4.69, 9.17) is 10.5 Å². The molecule has 0 fully saturated rings. The molecule has 1 heterocycles. The predicted molar refractivity (Wildman–Crippen MR) is 110 cm³/mol. The van der Waals surface area contributed by atoms with Crippen LogP contribution in [-0.2, 0) is 4.74 Å². The van der Waals surface area contributed by atoms with Gasteiger partial charge in [0.05, 0.1) is 0 Å². The number of carbonyl (C=O) groups excluding carboxylic acids is 1. The fourth-order valence-corrected chi connectivity index (χ4v) is 3.21. The van der Waals surface area contributed by atoms with Crippen LogP contribution in [-0.4, -0.2) is 36.3 Å². The van der Waals surface area contributed by atoms with Gasteiger partial charge >= 0.3 is 6.03 Å². The number of amides is 2. The third-order valence-corrected chi connectivity index (χ3v) is 4.64. The number of urea groups is 1. The molecule has 2 aliphatic rings. The third-order valence-electron chi connectivity index (χ3n) is 4.64. The van der Waals surface area contributed by atoms with Gasteiger partial charge < -0.3 is 15.4 Å². The van der Waals surface area contributed by atoms with E-state index in [-0.39, 0.29) is 12.1 Å². The zero-order valence-corrected chi connectivity index (χ0v) is 16.4. The maximum absolute atomic E-state index is 12.4. The topological polar surface area (TPSA) is 80.0 Å². The van der Waals surface area contributed by atoms with Gasteiger partial charge in [0.2, 0.25) is 0 Å². The van der Waals surface area contributed by atoms with Crippen LogP contribution in [0.2, 0.25) is 0 Å². The second kappa shape index (κ2) is 11.3. The van der Waals surface area contributed by atoms with E-state index in [9.17, 15) is 4.79 Å². The lowest BCUT2D eigenvalue weighted by molar-refractivity contribution is 0.127. The summed E-state index contributed by atoms with van der Waals surface area (Å²) in [5, 5.41) is 2.89. The van der Waals surface area contributed by atoms with Crippen molar-refractivity contribution in [3.8, 4) is 0 Å². The second-order valence-electron chi connectivity index (χ2n) is 6.70. The Morgan fingerprint density at radius 1 is 1.41 bits per heavy atom. The molecule has 0 saturated carbocycles. The zero-order chi connectivity index (χ0) is 19.5. The number of nitrogens with zero attached hydrogens (tertiary/aromatic N) is 2. The molecule has 0 aromatic carbocycles. The molecule has 0 saturated heterocycles. The van der Waals surface area contributed by atoms with Crippen LogP contribution < -0.4 is 11.1 Å². The van der Waals surface area contributed by atoms with Gasteiger partial charge in [0.15, 0.2) is 0 Å². The van der Waals surface area contributed by atoms with Crippen LogP contribution in [0.3, 0.4) is 0 Å². The van der Waals surface area contributed by atoms with E-state index < -0.39 is 0 Å². The Labute approximate surface area is 162 Å². The van der Waals surface area contributed by atoms with Crippen molar-refractivity contribution in [2.45, 2.75) is 52.1 Å². The molecule has 0 aromatic heterocycles. The number of aliphatic imine (C=N–C) groups is 1. The minimum atomic E-state index is -0.151. The second-order valence-corrected chi connectivity index (χ2v) is 6.70. The molecule has 0 bridgehead atoms. The van der Waals surface area contributed by atoms with Gasteiger partial charge in [-0.05, 0) is 57.0 Å². The van der Waals surface area contributed by atoms with E-state index in [0.717, 1.165) is 38.0 Å². The number of nitrogens with one attached hydrogen (secondary N) is 1. The number of allylic oxidation sites excluding steroid dienone is 5. The van der Waals surface area contributed by atoms with Gasteiger partial charge in [-0.3, -0.25) is 5.32 Å². The van der Waals surface area contributed by atoms with E-state index in [1.54, 1.807) is 17.2 Å². The molecule has 1 aliphatic carbocycles. The van der Waals surface area contributed by atoms with Gasteiger partial charge in [-0.1, -0.05) is 19.1 Å².